The van der Waals surface area contributed by atoms with Gasteiger partial charge in [0.2, 0.25) is 11.9 Å². The largest absolute Gasteiger partial charge is 0.497 e. The van der Waals surface area contributed by atoms with Gasteiger partial charge in [-0.15, -0.1) is 0 Å². The van der Waals surface area contributed by atoms with Crippen LogP contribution in [0.3, 0.4) is 0 Å². The Bertz CT molecular complexity index is 934. The highest BCUT2D eigenvalue weighted by atomic mass is 16.5. The number of nitrogens with one attached hydrogen (secondary N) is 1. The summed E-state index contributed by atoms with van der Waals surface area (Å²) in [6, 6.07) is 15.9. The molecule has 1 aromatic heterocycles. The summed E-state index contributed by atoms with van der Waals surface area (Å²) in [5.74, 6) is 3.15. The number of hydrogen-bond donors (Lipinski definition) is 1. The fraction of sp³-hybridized carbons (Fsp3) is 0.318. The fourth-order valence-electron chi connectivity index (χ4n) is 3.01. The van der Waals surface area contributed by atoms with Crippen LogP contribution in [0, 0.1) is 6.92 Å². The van der Waals surface area contributed by atoms with Gasteiger partial charge >= 0.3 is 0 Å². The number of hydrogen-bond acceptors (Lipinski definition) is 7. The third-order valence-electron chi connectivity index (χ3n) is 4.38. The van der Waals surface area contributed by atoms with E-state index < -0.39 is 0 Å². The summed E-state index contributed by atoms with van der Waals surface area (Å²) < 4.78 is 10.7. The molecule has 0 saturated carbocycles. The van der Waals surface area contributed by atoms with E-state index in [1.54, 1.807) is 14.2 Å². The SMILES string of the molecule is CCCN(Cc1ccccc1)c1nc(C)nc(Nc2ccc(OC)cc2OC)n1. The first-order chi connectivity index (χ1) is 14.1. The number of ether oxygens (including phenoxy) is 2. The number of aromatic nitrogens is 3. The van der Waals surface area contributed by atoms with Crippen molar-refractivity contribution in [3.05, 3.63) is 59.9 Å². The van der Waals surface area contributed by atoms with Crippen LogP contribution in [0.1, 0.15) is 24.7 Å². The maximum absolute atomic E-state index is 5.46. The van der Waals surface area contributed by atoms with E-state index in [-0.39, 0.29) is 0 Å². The van der Waals surface area contributed by atoms with Crippen molar-refractivity contribution in [2.45, 2.75) is 26.8 Å². The molecule has 29 heavy (non-hydrogen) atoms. The molecule has 0 aliphatic carbocycles. The lowest BCUT2D eigenvalue weighted by Crippen LogP contribution is -2.26. The van der Waals surface area contributed by atoms with Gasteiger partial charge in [-0.25, -0.2) is 0 Å². The second kappa shape index (κ2) is 9.73. The number of rotatable bonds is 9. The third-order valence-corrected chi connectivity index (χ3v) is 4.38. The van der Waals surface area contributed by atoms with Gasteiger partial charge in [0.1, 0.15) is 17.3 Å². The Morgan fingerprint density at radius 2 is 1.76 bits per heavy atom. The maximum atomic E-state index is 5.46. The quantitative estimate of drug-likeness (QED) is 0.579. The molecule has 0 bridgehead atoms. The van der Waals surface area contributed by atoms with Gasteiger partial charge < -0.3 is 19.7 Å². The number of anilines is 3. The minimum absolute atomic E-state index is 0.477. The van der Waals surface area contributed by atoms with Crippen LogP contribution in [0.25, 0.3) is 0 Å². The fourth-order valence-corrected chi connectivity index (χ4v) is 3.01. The summed E-state index contributed by atoms with van der Waals surface area (Å²) in [7, 11) is 3.24. The van der Waals surface area contributed by atoms with Crippen molar-refractivity contribution in [3.8, 4) is 11.5 Å². The van der Waals surface area contributed by atoms with E-state index in [0.717, 1.165) is 30.9 Å². The van der Waals surface area contributed by atoms with Gasteiger partial charge in [-0.3, -0.25) is 0 Å². The zero-order valence-corrected chi connectivity index (χ0v) is 17.3. The molecule has 2 aromatic carbocycles. The van der Waals surface area contributed by atoms with Crippen LogP contribution in [0.2, 0.25) is 0 Å². The molecule has 3 aromatic rings. The summed E-state index contributed by atoms with van der Waals surface area (Å²) in [5.41, 5.74) is 1.97. The first kappa shape index (κ1) is 20.4. The van der Waals surface area contributed by atoms with E-state index in [1.165, 1.54) is 5.56 Å². The van der Waals surface area contributed by atoms with E-state index in [9.17, 15) is 0 Å². The Morgan fingerprint density at radius 3 is 2.45 bits per heavy atom. The highest BCUT2D eigenvalue weighted by Crippen LogP contribution is 2.31. The molecular formula is C22H27N5O2. The molecule has 0 amide bonds. The first-order valence-electron chi connectivity index (χ1n) is 9.63. The highest BCUT2D eigenvalue weighted by molar-refractivity contribution is 5.64. The van der Waals surface area contributed by atoms with Crippen molar-refractivity contribution in [2.75, 3.05) is 31.0 Å². The van der Waals surface area contributed by atoms with Gasteiger partial charge in [0.05, 0.1) is 19.9 Å². The zero-order chi connectivity index (χ0) is 20.6. The minimum Gasteiger partial charge on any atom is -0.497 e. The average Bonchev–Trinajstić information content (AvgIpc) is 2.74. The molecule has 0 atom stereocenters. The maximum Gasteiger partial charge on any atom is 0.232 e. The van der Waals surface area contributed by atoms with Crippen LogP contribution >= 0.6 is 0 Å². The van der Waals surface area contributed by atoms with Crippen LogP contribution in [-0.4, -0.2) is 35.7 Å². The normalized spacial score (nSPS) is 10.5. The molecule has 3 rings (SSSR count). The van der Waals surface area contributed by atoms with Gasteiger partial charge in [-0.1, -0.05) is 37.3 Å². The van der Waals surface area contributed by atoms with Gasteiger partial charge in [0, 0.05) is 19.2 Å². The van der Waals surface area contributed by atoms with Crippen molar-refractivity contribution >= 4 is 17.6 Å². The molecule has 7 nitrogen and oxygen atoms in total. The van der Waals surface area contributed by atoms with Gasteiger partial charge in [0.25, 0.3) is 0 Å². The van der Waals surface area contributed by atoms with Crippen LogP contribution < -0.4 is 19.7 Å². The Morgan fingerprint density at radius 1 is 0.966 bits per heavy atom. The van der Waals surface area contributed by atoms with E-state index >= 15 is 0 Å². The predicted octanol–water partition coefficient (Wildman–Crippen LogP) is 4.36. The van der Waals surface area contributed by atoms with E-state index in [2.05, 4.69) is 44.2 Å². The van der Waals surface area contributed by atoms with Crippen molar-refractivity contribution in [1.29, 1.82) is 0 Å². The molecule has 0 aliphatic rings. The number of aryl methyl sites for hydroxylation is 1. The standard InChI is InChI=1S/C22H27N5O2/c1-5-13-27(15-17-9-7-6-8-10-17)22-24-16(2)23-21(26-22)25-19-12-11-18(28-3)14-20(19)29-4/h6-12,14H,5,13,15H2,1-4H3,(H,23,24,25,26). The molecular weight excluding hydrogens is 366 g/mol. The summed E-state index contributed by atoms with van der Waals surface area (Å²) in [6.07, 6.45) is 0.993. The monoisotopic (exact) mass is 393 g/mol. The molecule has 0 aliphatic heterocycles. The molecule has 0 unspecified atom stereocenters. The van der Waals surface area contributed by atoms with Crippen LogP contribution in [0.4, 0.5) is 17.6 Å². The Labute approximate surface area is 171 Å². The predicted molar refractivity (Wildman–Crippen MR) is 115 cm³/mol. The van der Waals surface area contributed by atoms with E-state index in [0.29, 0.717) is 23.5 Å². The van der Waals surface area contributed by atoms with Crippen molar-refractivity contribution in [1.82, 2.24) is 15.0 Å². The minimum atomic E-state index is 0.477. The molecule has 152 valence electrons. The molecule has 1 N–H and O–H groups in total. The average molecular weight is 393 g/mol. The third kappa shape index (κ3) is 5.34. The van der Waals surface area contributed by atoms with Crippen LogP contribution in [0.5, 0.6) is 11.5 Å². The molecule has 0 fully saturated rings. The Kier molecular flexibility index (Phi) is 6.84. The second-order valence-corrected chi connectivity index (χ2v) is 6.60. The number of nitrogens with zero attached hydrogens (tertiary/aromatic N) is 4. The van der Waals surface area contributed by atoms with Gasteiger partial charge in [0.15, 0.2) is 0 Å². The lowest BCUT2D eigenvalue weighted by molar-refractivity contribution is 0.395. The summed E-state index contributed by atoms with van der Waals surface area (Å²) in [4.78, 5) is 15.9. The second-order valence-electron chi connectivity index (χ2n) is 6.60. The van der Waals surface area contributed by atoms with E-state index in [4.69, 9.17) is 9.47 Å². The number of benzene rings is 2. The Balaban J connectivity index is 1.88. The van der Waals surface area contributed by atoms with Crippen molar-refractivity contribution in [2.24, 2.45) is 0 Å². The molecule has 0 spiro atoms. The summed E-state index contributed by atoms with van der Waals surface area (Å²) in [5, 5.41) is 3.25. The topological polar surface area (TPSA) is 72.4 Å². The zero-order valence-electron chi connectivity index (χ0n) is 17.3. The molecule has 0 saturated heterocycles. The summed E-state index contributed by atoms with van der Waals surface area (Å²) in [6.45, 7) is 5.61. The van der Waals surface area contributed by atoms with Gasteiger partial charge in [-0.2, -0.15) is 15.0 Å². The highest BCUT2D eigenvalue weighted by Gasteiger charge is 2.14. The molecule has 0 radical (unpaired) electrons. The van der Waals surface area contributed by atoms with E-state index in [1.807, 2.05) is 43.3 Å². The molecule has 1 heterocycles. The number of methoxy groups -OCH3 is 2. The lowest BCUT2D eigenvalue weighted by Gasteiger charge is -2.23. The lowest BCUT2D eigenvalue weighted by atomic mass is 10.2. The van der Waals surface area contributed by atoms with Crippen molar-refractivity contribution in [3.63, 3.8) is 0 Å². The Hall–Kier alpha value is -3.35. The first-order valence-corrected chi connectivity index (χ1v) is 9.63. The molecule has 7 heteroatoms. The van der Waals surface area contributed by atoms with Crippen LogP contribution in [-0.2, 0) is 6.54 Å². The van der Waals surface area contributed by atoms with Gasteiger partial charge in [-0.05, 0) is 31.0 Å². The smallest absolute Gasteiger partial charge is 0.232 e. The summed E-state index contributed by atoms with van der Waals surface area (Å²) >= 11 is 0. The van der Waals surface area contributed by atoms with Crippen molar-refractivity contribution < 1.29 is 9.47 Å². The van der Waals surface area contributed by atoms with Crippen LogP contribution in [0.15, 0.2) is 48.5 Å².